The quantitative estimate of drug-likeness (QED) is 0.772. The summed E-state index contributed by atoms with van der Waals surface area (Å²) in [7, 11) is 1.34. The van der Waals surface area contributed by atoms with Crippen LogP contribution in [0.4, 0.5) is 0 Å². The summed E-state index contributed by atoms with van der Waals surface area (Å²) >= 11 is 6.13. The minimum Gasteiger partial charge on any atom is -0.468 e. The molecule has 18 heavy (non-hydrogen) atoms. The van der Waals surface area contributed by atoms with Crippen molar-refractivity contribution in [3.8, 4) is 0 Å². The molecule has 0 atom stereocenters. The molecule has 0 saturated heterocycles. The average molecular weight is 268 g/mol. The highest BCUT2D eigenvalue weighted by molar-refractivity contribution is 6.31. The van der Waals surface area contributed by atoms with E-state index in [-0.39, 0.29) is 11.8 Å². The predicted molar refractivity (Wildman–Crippen MR) is 66.4 cm³/mol. The Kier molecular flexibility index (Phi) is 3.66. The Morgan fingerprint density at radius 2 is 2.11 bits per heavy atom. The van der Waals surface area contributed by atoms with Crippen LogP contribution in [0, 0.1) is 0 Å². The number of pyridine rings is 1. The number of methoxy groups -OCH3 is 1. The third kappa shape index (κ3) is 2.12. The van der Waals surface area contributed by atoms with Crippen LogP contribution < -0.4 is 0 Å². The first-order valence-corrected chi connectivity index (χ1v) is 6.19. The molecule has 0 amide bonds. The van der Waals surface area contributed by atoms with Crippen molar-refractivity contribution in [2.24, 2.45) is 0 Å². The van der Waals surface area contributed by atoms with Crippen molar-refractivity contribution in [3.05, 3.63) is 29.0 Å². The number of ketones is 1. The third-order valence-electron chi connectivity index (χ3n) is 3.45. The zero-order chi connectivity index (χ0) is 13.2. The van der Waals surface area contributed by atoms with Gasteiger partial charge in [0, 0.05) is 19.0 Å². The molecule has 1 aromatic heterocycles. The van der Waals surface area contributed by atoms with Crippen LogP contribution in [0.3, 0.4) is 0 Å². The summed E-state index contributed by atoms with van der Waals surface area (Å²) in [6.45, 7) is 0. The Morgan fingerprint density at radius 1 is 1.44 bits per heavy atom. The normalized spacial score (nSPS) is 18.4. The molecule has 0 aromatic carbocycles. The van der Waals surface area contributed by atoms with Crippen molar-refractivity contribution in [1.82, 2.24) is 4.98 Å². The first kappa shape index (κ1) is 13.0. The van der Waals surface area contributed by atoms with Crippen LogP contribution in [0.1, 0.15) is 31.4 Å². The molecule has 5 heteroatoms. The first-order valence-electron chi connectivity index (χ1n) is 5.81. The standard InChI is InChI=1S/C13H14ClNO3/c1-18-12(17)13(6-4-9(16)5-7-13)11-10(14)3-2-8-15-11/h2-3,8H,4-7H2,1H3. The summed E-state index contributed by atoms with van der Waals surface area (Å²) in [5, 5.41) is 0.442. The minimum atomic E-state index is -0.874. The van der Waals surface area contributed by atoms with Crippen LogP contribution in [0.15, 0.2) is 18.3 Å². The molecule has 0 unspecified atom stereocenters. The van der Waals surface area contributed by atoms with Gasteiger partial charge >= 0.3 is 5.97 Å². The van der Waals surface area contributed by atoms with Gasteiger partial charge in [0.25, 0.3) is 0 Å². The predicted octanol–water partition coefficient (Wildman–Crippen LogP) is 2.29. The van der Waals surface area contributed by atoms with E-state index in [0.29, 0.717) is 36.4 Å². The smallest absolute Gasteiger partial charge is 0.317 e. The Bertz CT molecular complexity index is 477. The van der Waals surface area contributed by atoms with E-state index in [4.69, 9.17) is 16.3 Å². The van der Waals surface area contributed by atoms with E-state index < -0.39 is 5.41 Å². The molecule has 96 valence electrons. The number of halogens is 1. The Labute approximate surface area is 110 Å². The molecule has 1 aromatic rings. The van der Waals surface area contributed by atoms with Gasteiger partial charge < -0.3 is 4.74 Å². The van der Waals surface area contributed by atoms with Gasteiger partial charge in [0.05, 0.1) is 17.8 Å². The number of carbonyl (C=O) groups is 2. The van der Waals surface area contributed by atoms with Gasteiger partial charge in [0.2, 0.25) is 0 Å². The molecule has 1 fully saturated rings. The van der Waals surface area contributed by atoms with E-state index in [2.05, 4.69) is 4.98 Å². The van der Waals surface area contributed by atoms with Crippen molar-refractivity contribution in [2.75, 3.05) is 7.11 Å². The zero-order valence-corrected chi connectivity index (χ0v) is 10.9. The lowest BCUT2D eigenvalue weighted by Crippen LogP contribution is -2.41. The lowest BCUT2D eigenvalue weighted by molar-refractivity contribution is -0.149. The molecular formula is C13H14ClNO3. The lowest BCUT2D eigenvalue weighted by atomic mass is 9.71. The van der Waals surface area contributed by atoms with Gasteiger partial charge in [-0.05, 0) is 25.0 Å². The van der Waals surface area contributed by atoms with Gasteiger partial charge in [0.1, 0.15) is 11.2 Å². The van der Waals surface area contributed by atoms with Gasteiger partial charge in [-0.1, -0.05) is 11.6 Å². The Balaban J connectivity index is 2.46. The van der Waals surface area contributed by atoms with Crippen molar-refractivity contribution in [1.29, 1.82) is 0 Å². The molecule has 0 N–H and O–H groups in total. The van der Waals surface area contributed by atoms with E-state index in [1.165, 1.54) is 7.11 Å². The molecule has 2 rings (SSSR count). The largest absolute Gasteiger partial charge is 0.468 e. The van der Waals surface area contributed by atoms with Crippen LogP contribution >= 0.6 is 11.6 Å². The summed E-state index contributed by atoms with van der Waals surface area (Å²) in [5.74, 6) is -0.197. The van der Waals surface area contributed by atoms with E-state index in [0.717, 1.165) is 0 Å². The highest BCUT2D eigenvalue weighted by Crippen LogP contribution is 2.41. The van der Waals surface area contributed by atoms with E-state index in [1.54, 1.807) is 18.3 Å². The van der Waals surface area contributed by atoms with Gasteiger partial charge in [-0.25, -0.2) is 0 Å². The zero-order valence-electron chi connectivity index (χ0n) is 10.1. The van der Waals surface area contributed by atoms with Crippen LogP contribution in [0.5, 0.6) is 0 Å². The molecule has 0 bridgehead atoms. The molecule has 1 aliphatic carbocycles. The molecule has 0 aliphatic heterocycles. The number of esters is 1. The third-order valence-corrected chi connectivity index (χ3v) is 3.75. The van der Waals surface area contributed by atoms with E-state index in [1.807, 2.05) is 0 Å². The number of hydrogen-bond donors (Lipinski definition) is 0. The van der Waals surface area contributed by atoms with Gasteiger partial charge in [-0.15, -0.1) is 0 Å². The topological polar surface area (TPSA) is 56.3 Å². The minimum absolute atomic E-state index is 0.168. The second kappa shape index (κ2) is 5.06. The number of ether oxygens (including phenoxy) is 1. The summed E-state index contributed by atoms with van der Waals surface area (Å²) in [5.41, 5.74) is -0.355. The number of aromatic nitrogens is 1. The van der Waals surface area contributed by atoms with Crippen molar-refractivity contribution in [2.45, 2.75) is 31.1 Å². The maximum atomic E-state index is 12.1. The van der Waals surface area contributed by atoms with Crippen LogP contribution in [-0.4, -0.2) is 23.8 Å². The maximum absolute atomic E-state index is 12.1. The highest BCUT2D eigenvalue weighted by atomic mass is 35.5. The molecule has 1 saturated carbocycles. The molecule has 0 spiro atoms. The number of carbonyl (C=O) groups excluding carboxylic acids is 2. The molecule has 1 heterocycles. The van der Waals surface area contributed by atoms with Crippen molar-refractivity contribution < 1.29 is 14.3 Å². The van der Waals surface area contributed by atoms with Gasteiger partial charge in [-0.2, -0.15) is 0 Å². The summed E-state index contributed by atoms with van der Waals surface area (Å²) in [6, 6.07) is 3.41. The summed E-state index contributed by atoms with van der Waals surface area (Å²) in [6.07, 6.45) is 3.15. The fourth-order valence-electron chi connectivity index (χ4n) is 2.43. The number of hydrogen-bond acceptors (Lipinski definition) is 4. The fourth-order valence-corrected chi connectivity index (χ4v) is 2.73. The van der Waals surface area contributed by atoms with E-state index in [9.17, 15) is 9.59 Å². The maximum Gasteiger partial charge on any atom is 0.317 e. The van der Waals surface area contributed by atoms with Crippen LogP contribution in [-0.2, 0) is 19.7 Å². The second-order valence-corrected chi connectivity index (χ2v) is 4.85. The molecule has 4 nitrogen and oxygen atoms in total. The fraction of sp³-hybridized carbons (Fsp3) is 0.462. The number of Topliss-reactive ketones (excluding diaryl/α,β-unsaturated/α-hetero) is 1. The van der Waals surface area contributed by atoms with Crippen molar-refractivity contribution in [3.63, 3.8) is 0 Å². The Hall–Kier alpha value is -1.42. The number of nitrogens with zero attached hydrogens (tertiary/aromatic N) is 1. The first-order chi connectivity index (χ1) is 8.60. The van der Waals surface area contributed by atoms with Gasteiger partial charge in [0.15, 0.2) is 0 Å². The van der Waals surface area contributed by atoms with Crippen LogP contribution in [0.2, 0.25) is 5.02 Å². The van der Waals surface area contributed by atoms with Crippen molar-refractivity contribution >= 4 is 23.4 Å². The highest BCUT2D eigenvalue weighted by Gasteiger charge is 2.46. The second-order valence-electron chi connectivity index (χ2n) is 4.45. The molecular weight excluding hydrogens is 254 g/mol. The number of rotatable bonds is 2. The van der Waals surface area contributed by atoms with Gasteiger partial charge in [-0.3, -0.25) is 14.6 Å². The monoisotopic (exact) mass is 267 g/mol. The lowest BCUT2D eigenvalue weighted by Gasteiger charge is -2.33. The Morgan fingerprint density at radius 3 is 2.67 bits per heavy atom. The molecule has 1 aliphatic rings. The summed E-state index contributed by atoms with van der Waals surface area (Å²) in [4.78, 5) is 27.7. The van der Waals surface area contributed by atoms with Crippen LogP contribution in [0.25, 0.3) is 0 Å². The average Bonchev–Trinajstić information content (AvgIpc) is 2.40. The molecule has 0 radical (unpaired) electrons. The van der Waals surface area contributed by atoms with E-state index >= 15 is 0 Å². The summed E-state index contributed by atoms with van der Waals surface area (Å²) < 4.78 is 4.89. The SMILES string of the molecule is COC(=O)C1(c2ncccc2Cl)CCC(=O)CC1.